The molecule has 0 bridgehead atoms. The summed E-state index contributed by atoms with van der Waals surface area (Å²) in [6.07, 6.45) is -0.202. The van der Waals surface area contributed by atoms with Gasteiger partial charge in [-0.15, -0.1) is 0 Å². The number of pyridine rings is 1. The van der Waals surface area contributed by atoms with E-state index in [0.717, 1.165) is 0 Å². The Balaban J connectivity index is 2.38. The largest absolute Gasteiger partial charge is 0.391 e. The molecule has 1 rings (SSSR count). The van der Waals surface area contributed by atoms with Gasteiger partial charge in [-0.25, -0.2) is 0 Å². The first-order valence-corrected chi connectivity index (χ1v) is 5.28. The van der Waals surface area contributed by atoms with Crippen molar-refractivity contribution >= 4 is 5.91 Å². The average Bonchev–Trinajstić information content (AvgIpc) is 2.29. The van der Waals surface area contributed by atoms with Crippen molar-refractivity contribution in [3.8, 4) is 0 Å². The highest BCUT2D eigenvalue weighted by molar-refractivity contribution is 5.92. The Labute approximate surface area is 98.6 Å². The van der Waals surface area contributed by atoms with Gasteiger partial charge in [0.2, 0.25) is 5.56 Å². The number of nitrogens with one attached hydrogen (secondary N) is 2. The molecule has 94 valence electrons. The van der Waals surface area contributed by atoms with Gasteiger partial charge in [0, 0.05) is 19.7 Å². The summed E-state index contributed by atoms with van der Waals surface area (Å²) in [6.45, 7) is 0.554. The van der Waals surface area contributed by atoms with E-state index < -0.39 is 6.10 Å². The van der Waals surface area contributed by atoms with E-state index in [9.17, 15) is 14.7 Å². The summed E-state index contributed by atoms with van der Waals surface area (Å²) in [4.78, 5) is 24.9. The number of H-pyrrole nitrogens is 1. The molecular weight excluding hydrogens is 224 g/mol. The Bertz CT molecular complexity index is 416. The number of aromatic amines is 1. The lowest BCUT2D eigenvalue weighted by Crippen LogP contribution is -2.30. The van der Waals surface area contributed by atoms with Gasteiger partial charge in [0.15, 0.2) is 0 Å². The van der Waals surface area contributed by atoms with Crippen LogP contribution >= 0.6 is 0 Å². The van der Waals surface area contributed by atoms with Crippen molar-refractivity contribution in [2.45, 2.75) is 12.5 Å². The molecule has 0 saturated heterocycles. The molecule has 1 unspecified atom stereocenters. The van der Waals surface area contributed by atoms with Gasteiger partial charge in [-0.05, 0) is 12.5 Å². The van der Waals surface area contributed by atoms with Crippen LogP contribution in [0, 0.1) is 0 Å². The van der Waals surface area contributed by atoms with Gasteiger partial charge in [-0.2, -0.15) is 0 Å². The number of hydrogen-bond acceptors (Lipinski definition) is 4. The zero-order valence-electron chi connectivity index (χ0n) is 9.60. The first-order valence-electron chi connectivity index (χ1n) is 5.28. The minimum Gasteiger partial charge on any atom is -0.391 e. The zero-order valence-corrected chi connectivity index (χ0v) is 9.60. The Morgan fingerprint density at radius 3 is 3.00 bits per heavy atom. The molecule has 1 aromatic rings. The van der Waals surface area contributed by atoms with Gasteiger partial charge < -0.3 is 20.1 Å². The standard InChI is InChI=1S/C11H16N2O4/c1-17-7-8(14)5-6-12-11(16)9-3-2-4-10(15)13-9/h2-4,8,14H,5-7H2,1H3,(H,12,16)(H,13,15). The number of carbonyl (C=O) groups is 1. The monoisotopic (exact) mass is 240 g/mol. The summed E-state index contributed by atoms with van der Waals surface area (Å²) in [5, 5.41) is 11.9. The number of aliphatic hydroxyl groups excluding tert-OH is 1. The lowest BCUT2D eigenvalue weighted by Gasteiger charge is -2.09. The summed E-state index contributed by atoms with van der Waals surface area (Å²) in [6, 6.07) is 4.36. The summed E-state index contributed by atoms with van der Waals surface area (Å²) >= 11 is 0. The van der Waals surface area contributed by atoms with E-state index in [2.05, 4.69) is 10.3 Å². The number of hydrogen-bond donors (Lipinski definition) is 3. The lowest BCUT2D eigenvalue weighted by atomic mass is 10.2. The number of ether oxygens (including phenoxy) is 1. The summed E-state index contributed by atoms with van der Waals surface area (Å²) in [5.41, 5.74) is -0.115. The van der Waals surface area contributed by atoms with Crippen LogP contribution in [0.1, 0.15) is 16.9 Å². The molecule has 3 N–H and O–H groups in total. The van der Waals surface area contributed by atoms with E-state index in [0.29, 0.717) is 13.0 Å². The third-order valence-electron chi connectivity index (χ3n) is 2.14. The highest BCUT2D eigenvalue weighted by atomic mass is 16.5. The molecule has 0 aliphatic heterocycles. The molecule has 1 aromatic heterocycles. The number of amides is 1. The van der Waals surface area contributed by atoms with Gasteiger partial charge in [-0.1, -0.05) is 6.07 Å². The Morgan fingerprint density at radius 1 is 1.59 bits per heavy atom. The third-order valence-corrected chi connectivity index (χ3v) is 2.14. The van der Waals surface area contributed by atoms with Crippen molar-refractivity contribution < 1.29 is 14.6 Å². The minimum absolute atomic E-state index is 0.207. The van der Waals surface area contributed by atoms with Crippen LogP contribution in [-0.4, -0.2) is 42.4 Å². The molecule has 0 fully saturated rings. The molecule has 1 amide bonds. The number of aromatic nitrogens is 1. The fraction of sp³-hybridized carbons (Fsp3) is 0.455. The molecule has 1 atom stereocenters. The Kier molecular flexibility index (Phi) is 5.38. The van der Waals surface area contributed by atoms with Gasteiger partial charge in [-0.3, -0.25) is 9.59 Å². The maximum Gasteiger partial charge on any atom is 0.267 e. The smallest absolute Gasteiger partial charge is 0.267 e. The lowest BCUT2D eigenvalue weighted by molar-refractivity contribution is 0.0587. The second-order valence-electron chi connectivity index (χ2n) is 3.58. The van der Waals surface area contributed by atoms with Crippen LogP contribution in [0.2, 0.25) is 0 Å². The summed E-state index contributed by atoms with van der Waals surface area (Å²) < 4.78 is 4.75. The van der Waals surface area contributed by atoms with E-state index >= 15 is 0 Å². The van der Waals surface area contributed by atoms with E-state index in [1.54, 1.807) is 0 Å². The number of aliphatic hydroxyl groups is 1. The first-order chi connectivity index (χ1) is 8.13. The van der Waals surface area contributed by atoms with Gasteiger partial charge in [0.1, 0.15) is 5.69 Å². The van der Waals surface area contributed by atoms with Crippen molar-refractivity contribution in [1.29, 1.82) is 0 Å². The molecule has 0 saturated carbocycles. The van der Waals surface area contributed by atoms with E-state index in [1.807, 2.05) is 0 Å². The third kappa shape index (κ3) is 4.80. The van der Waals surface area contributed by atoms with Crippen molar-refractivity contribution in [3.63, 3.8) is 0 Å². The van der Waals surface area contributed by atoms with Crippen LogP contribution in [0.4, 0.5) is 0 Å². The fourth-order valence-corrected chi connectivity index (χ4v) is 1.30. The van der Waals surface area contributed by atoms with Gasteiger partial charge in [0.25, 0.3) is 5.91 Å². The predicted molar refractivity (Wildman–Crippen MR) is 61.9 cm³/mol. The van der Waals surface area contributed by atoms with Crippen LogP contribution < -0.4 is 10.9 Å². The molecule has 6 heteroatoms. The van der Waals surface area contributed by atoms with E-state index in [1.165, 1.54) is 25.3 Å². The normalized spacial score (nSPS) is 12.1. The zero-order chi connectivity index (χ0) is 12.7. The topological polar surface area (TPSA) is 91.4 Å². The van der Waals surface area contributed by atoms with Crippen LogP contribution in [0.5, 0.6) is 0 Å². The molecule has 0 aromatic carbocycles. The molecule has 0 aliphatic rings. The number of rotatable bonds is 6. The highest BCUT2D eigenvalue weighted by Crippen LogP contribution is 1.93. The second kappa shape index (κ2) is 6.82. The maximum absolute atomic E-state index is 11.5. The highest BCUT2D eigenvalue weighted by Gasteiger charge is 2.07. The van der Waals surface area contributed by atoms with Crippen LogP contribution in [0.15, 0.2) is 23.0 Å². The molecule has 0 radical (unpaired) electrons. The summed E-state index contributed by atoms with van der Waals surface area (Å²) in [5.74, 6) is -0.368. The van der Waals surface area contributed by atoms with Crippen molar-refractivity contribution in [2.75, 3.05) is 20.3 Å². The van der Waals surface area contributed by atoms with Gasteiger partial charge >= 0.3 is 0 Å². The van der Waals surface area contributed by atoms with E-state index in [4.69, 9.17) is 4.74 Å². The van der Waals surface area contributed by atoms with Crippen molar-refractivity contribution in [2.24, 2.45) is 0 Å². The second-order valence-corrected chi connectivity index (χ2v) is 3.58. The molecule has 0 spiro atoms. The van der Waals surface area contributed by atoms with Crippen molar-refractivity contribution in [3.05, 3.63) is 34.2 Å². The Hall–Kier alpha value is -1.66. The maximum atomic E-state index is 11.5. The predicted octanol–water partition coefficient (Wildman–Crippen LogP) is -0.498. The van der Waals surface area contributed by atoms with E-state index in [-0.39, 0.29) is 23.8 Å². The minimum atomic E-state index is -0.602. The molecular formula is C11H16N2O4. The van der Waals surface area contributed by atoms with Gasteiger partial charge in [0.05, 0.1) is 12.7 Å². The van der Waals surface area contributed by atoms with Crippen molar-refractivity contribution in [1.82, 2.24) is 10.3 Å². The van der Waals surface area contributed by atoms with Crippen LogP contribution in [0.3, 0.4) is 0 Å². The quantitative estimate of drug-likeness (QED) is 0.625. The van der Waals surface area contributed by atoms with Crippen LogP contribution in [0.25, 0.3) is 0 Å². The first kappa shape index (κ1) is 13.4. The molecule has 17 heavy (non-hydrogen) atoms. The Morgan fingerprint density at radius 2 is 2.35 bits per heavy atom. The molecule has 6 nitrogen and oxygen atoms in total. The average molecular weight is 240 g/mol. The SMILES string of the molecule is COCC(O)CCNC(=O)c1cccc(=O)[nH]1. The molecule has 0 aliphatic carbocycles. The number of methoxy groups -OCH3 is 1. The molecule has 1 heterocycles. The fourth-order valence-electron chi connectivity index (χ4n) is 1.30. The number of carbonyl (C=O) groups excluding carboxylic acids is 1. The van der Waals surface area contributed by atoms with Crippen LogP contribution in [-0.2, 0) is 4.74 Å². The summed E-state index contributed by atoms with van der Waals surface area (Å²) in [7, 11) is 1.50.